The van der Waals surface area contributed by atoms with Crippen molar-refractivity contribution in [3.05, 3.63) is 34.9 Å². The highest BCUT2D eigenvalue weighted by molar-refractivity contribution is 14.0. The number of hydrogen-bond acceptors (Lipinski definition) is 3. The topological polar surface area (TPSA) is 46.1 Å². The lowest BCUT2D eigenvalue weighted by Crippen LogP contribution is -2.39. The first-order valence-electron chi connectivity index (χ1n) is 8.00. The second-order valence-corrected chi connectivity index (χ2v) is 6.07. The monoisotopic (exact) mass is 467 g/mol. The van der Waals surface area contributed by atoms with E-state index in [1.54, 1.807) is 7.11 Å². The number of likely N-dealkylation sites (tertiary alicyclic amines) is 1. The molecule has 1 aromatic carbocycles. The van der Waals surface area contributed by atoms with E-state index in [-0.39, 0.29) is 24.0 Å². The van der Waals surface area contributed by atoms with Crippen LogP contribution < -0.4 is 5.32 Å². The number of aliphatic imine (C=N–C) groups is 1. The van der Waals surface area contributed by atoms with Crippen molar-refractivity contribution in [2.75, 3.05) is 47.1 Å². The zero-order valence-corrected chi connectivity index (χ0v) is 17.4. The summed E-state index contributed by atoms with van der Waals surface area (Å²) < 4.78 is 10.6. The lowest BCUT2D eigenvalue weighted by atomic mass is 10.1. The van der Waals surface area contributed by atoms with Crippen LogP contribution in [0.15, 0.2) is 29.3 Å². The number of hydrogen-bond donors (Lipinski definition) is 1. The predicted octanol–water partition coefficient (Wildman–Crippen LogP) is 3.02. The number of guanidine groups is 1. The lowest BCUT2D eigenvalue weighted by molar-refractivity contribution is 0.0536. The zero-order valence-electron chi connectivity index (χ0n) is 14.3. The average Bonchev–Trinajstić information content (AvgIpc) is 3.02. The van der Waals surface area contributed by atoms with Crippen molar-refractivity contribution < 1.29 is 9.47 Å². The van der Waals surface area contributed by atoms with E-state index < -0.39 is 0 Å². The van der Waals surface area contributed by atoms with E-state index >= 15 is 0 Å². The van der Waals surface area contributed by atoms with Crippen molar-refractivity contribution in [2.45, 2.75) is 13.0 Å². The maximum Gasteiger partial charge on any atom is 0.193 e. The van der Waals surface area contributed by atoms with Gasteiger partial charge in [-0.1, -0.05) is 29.8 Å². The molecule has 0 spiro atoms. The third-order valence-corrected chi connectivity index (χ3v) is 4.35. The summed E-state index contributed by atoms with van der Waals surface area (Å²) in [6.07, 6.45) is 1.12. The van der Waals surface area contributed by atoms with Gasteiger partial charge in [0.1, 0.15) is 0 Å². The molecule has 0 aliphatic carbocycles. The van der Waals surface area contributed by atoms with Crippen molar-refractivity contribution in [1.82, 2.24) is 10.2 Å². The molecular formula is C17H27ClIN3O2. The van der Waals surface area contributed by atoms with Gasteiger partial charge in [-0.05, 0) is 18.1 Å². The Morgan fingerprint density at radius 2 is 2.17 bits per heavy atom. The molecule has 24 heavy (non-hydrogen) atoms. The molecule has 7 heteroatoms. The van der Waals surface area contributed by atoms with Crippen LogP contribution in [0.5, 0.6) is 0 Å². The zero-order chi connectivity index (χ0) is 16.5. The van der Waals surface area contributed by atoms with Crippen molar-refractivity contribution >= 4 is 41.5 Å². The van der Waals surface area contributed by atoms with E-state index in [1.807, 2.05) is 31.3 Å². The van der Waals surface area contributed by atoms with E-state index in [9.17, 15) is 0 Å². The fourth-order valence-electron chi connectivity index (χ4n) is 2.70. The van der Waals surface area contributed by atoms with Crippen LogP contribution in [0.25, 0.3) is 0 Å². The molecule has 1 fully saturated rings. The number of halogens is 2. The second kappa shape index (κ2) is 11.9. The largest absolute Gasteiger partial charge is 0.382 e. The summed E-state index contributed by atoms with van der Waals surface area (Å²) in [5.41, 5.74) is 1.08. The van der Waals surface area contributed by atoms with E-state index in [0.717, 1.165) is 42.7 Å². The minimum atomic E-state index is 0. The van der Waals surface area contributed by atoms with Crippen molar-refractivity contribution in [3.63, 3.8) is 0 Å². The van der Waals surface area contributed by atoms with Crippen LogP contribution in [0.2, 0.25) is 5.02 Å². The number of benzene rings is 1. The predicted molar refractivity (Wildman–Crippen MR) is 109 cm³/mol. The maximum atomic E-state index is 6.20. The third-order valence-electron chi connectivity index (χ3n) is 3.98. The molecule has 1 heterocycles. The molecule has 0 saturated carbocycles. The van der Waals surface area contributed by atoms with Gasteiger partial charge in [0.15, 0.2) is 5.96 Å². The minimum absolute atomic E-state index is 0. The smallest absolute Gasteiger partial charge is 0.193 e. The number of ether oxygens (including phenoxy) is 2. The van der Waals surface area contributed by atoms with Gasteiger partial charge >= 0.3 is 0 Å². The van der Waals surface area contributed by atoms with E-state index in [2.05, 4.69) is 15.2 Å². The van der Waals surface area contributed by atoms with Crippen LogP contribution in [0.3, 0.4) is 0 Å². The van der Waals surface area contributed by atoms with Crippen LogP contribution in [0.1, 0.15) is 12.0 Å². The summed E-state index contributed by atoms with van der Waals surface area (Å²) in [6, 6.07) is 7.87. The second-order valence-electron chi connectivity index (χ2n) is 5.66. The van der Waals surface area contributed by atoms with Gasteiger partial charge in [0.2, 0.25) is 0 Å². The fourth-order valence-corrected chi connectivity index (χ4v) is 2.90. The molecule has 1 atom stereocenters. The highest BCUT2D eigenvalue weighted by Crippen LogP contribution is 2.18. The number of methoxy groups -OCH3 is 1. The lowest BCUT2D eigenvalue weighted by Gasteiger charge is -2.22. The van der Waals surface area contributed by atoms with Crippen LogP contribution in [0.4, 0.5) is 0 Å². The van der Waals surface area contributed by atoms with E-state index in [4.69, 9.17) is 21.1 Å². The molecule has 1 aliphatic rings. The summed E-state index contributed by atoms with van der Waals surface area (Å²) in [6.45, 7) is 4.73. The highest BCUT2D eigenvalue weighted by atomic mass is 127. The Balaban J connectivity index is 0.00000288. The van der Waals surface area contributed by atoms with E-state index in [0.29, 0.717) is 25.7 Å². The highest BCUT2D eigenvalue weighted by Gasteiger charge is 2.24. The van der Waals surface area contributed by atoms with Crippen molar-refractivity contribution in [1.29, 1.82) is 0 Å². The molecule has 0 bridgehead atoms. The summed E-state index contributed by atoms with van der Waals surface area (Å²) in [7, 11) is 3.51. The molecule has 136 valence electrons. The van der Waals surface area contributed by atoms with Crippen LogP contribution in [0, 0.1) is 5.92 Å². The van der Waals surface area contributed by atoms with Gasteiger partial charge in [-0.15, -0.1) is 24.0 Å². The van der Waals surface area contributed by atoms with Crippen LogP contribution >= 0.6 is 35.6 Å². The Morgan fingerprint density at radius 3 is 2.88 bits per heavy atom. The Labute approximate surface area is 166 Å². The van der Waals surface area contributed by atoms with Gasteiger partial charge in [-0.3, -0.25) is 4.99 Å². The molecule has 2 rings (SSSR count). The standard InChI is InChI=1S/C17H26ClN3O2.HI/c1-19-17(20-11-15-5-3-4-6-16(15)18)21-8-7-14(12-21)13-23-10-9-22-2;/h3-6,14H,7-13H2,1-2H3,(H,19,20);1H. The number of nitrogens with zero attached hydrogens (tertiary/aromatic N) is 2. The Morgan fingerprint density at radius 1 is 1.38 bits per heavy atom. The van der Waals surface area contributed by atoms with E-state index in [1.165, 1.54) is 0 Å². The van der Waals surface area contributed by atoms with Gasteiger partial charge in [0.05, 0.1) is 19.8 Å². The van der Waals surface area contributed by atoms with Gasteiger partial charge in [0.25, 0.3) is 0 Å². The average molecular weight is 468 g/mol. The summed E-state index contributed by atoms with van der Waals surface area (Å²) in [5, 5.41) is 4.18. The van der Waals surface area contributed by atoms with Gasteiger partial charge in [0, 0.05) is 44.7 Å². The molecular weight excluding hydrogens is 441 g/mol. The van der Waals surface area contributed by atoms with Crippen LogP contribution in [-0.2, 0) is 16.0 Å². The summed E-state index contributed by atoms with van der Waals surface area (Å²) in [4.78, 5) is 6.67. The molecule has 0 amide bonds. The van der Waals surface area contributed by atoms with Gasteiger partial charge < -0.3 is 19.7 Å². The summed E-state index contributed by atoms with van der Waals surface area (Å²) in [5.74, 6) is 1.47. The minimum Gasteiger partial charge on any atom is -0.382 e. The molecule has 1 N–H and O–H groups in total. The SMILES string of the molecule is CN=C(NCc1ccccc1Cl)N1CCC(COCCOC)C1.I. The van der Waals surface area contributed by atoms with Crippen LogP contribution in [-0.4, -0.2) is 57.9 Å². The molecule has 0 aromatic heterocycles. The normalized spacial score (nSPS) is 17.7. The maximum absolute atomic E-state index is 6.20. The Kier molecular flexibility index (Phi) is 10.6. The van der Waals surface area contributed by atoms with Gasteiger partial charge in [-0.2, -0.15) is 0 Å². The number of rotatable bonds is 7. The summed E-state index contributed by atoms with van der Waals surface area (Å²) >= 11 is 6.20. The fraction of sp³-hybridized carbons (Fsp3) is 0.588. The quantitative estimate of drug-likeness (QED) is 0.290. The molecule has 5 nitrogen and oxygen atoms in total. The molecule has 1 saturated heterocycles. The first-order valence-corrected chi connectivity index (χ1v) is 8.38. The van der Waals surface area contributed by atoms with Crippen molar-refractivity contribution in [2.24, 2.45) is 10.9 Å². The molecule has 1 aromatic rings. The number of nitrogens with one attached hydrogen (secondary N) is 1. The third kappa shape index (κ3) is 6.74. The molecule has 1 unspecified atom stereocenters. The van der Waals surface area contributed by atoms with Crippen molar-refractivity contribution in [3.8, 4) is 0 Å². The first kappa shape index (κ1) is 21.5. The Hall–Kier alpha value is -0.570. The Bertz CT molecular complexity index is 516. The molecule has 1 aliphatic heterocycles. The van der Waals surface area contributed by atoms with Gasteiger partial charge in [-0.25, -0.2) is 0 Å². The first-order chi connectivity index (χ1) is 11.2. The molecule has 0 radical (unpaired) electrons.